The molecule has 0 aromatic carbocycles. The van der Waals surface area contributed by atoms with Crippen LogP contribution in [0, 0.1) is 0 Å². The summed E-state index contributed by atoms with van der Waals surface area (Å²) in [5, 5.41) is 17.3. The molecule has 1 saturated carbocycles. The second kappa shape index (κ2) is 5.75. The predicted octanol–water partition coefficient (Wildman–Crippen LogP) is 2.59. The van der Waals surface area contributed by atoms with Gasteiger partial charge in [0.15, 0.2) is 5.69 Å². The molecule has 21 heavy (non-hydrogen) atoms. The fourth-order valence-corrected chi connectivity index (χ4v) is 3.82. The molecule has 0 amide bonds. The van der Waals surface area contributed by atoms with Crippen molar-refractivity contribution in [3.63, 3.8) is 0 Å². The van der Waals surface area contributed by atoms with Crippen LogP contribution in [0.1, 0.15) is 74.1 Å². The van der Waals surface area contributed by atoms with Crippen LogP contribution in [0.5, 0.6) is 0 Å². The molecule has 1 aliphatic carbocycles. The smallest absolute Gasteiger partial charge is 0.358 e. The molecular weight excluding hydrogens is 270 g/mol. The summed E-state index contributed by atoms with van der Waals surface area (Å²) in [7, 11) is 0. The quantitative estimate of drug-likeness (QED) is 0.923. The van der Waals surface area contributed by atoms with Crippen molar-refractivity contribution < 1.29 is 14.6 Å². The lowest BCUT2D eigenvalue weighted by atomic mass is 9.89. The zero-order chi connectivity index (χ0) is 14.9. The lowest BCUT2D eigenvalue weighted by molar-refractivity contribution is -0.0915. The van der Waals surface area contributed by atoms with Crippen LogP contribution in [0.3, 0.4) is 0 Å². The molecule has 1 atom stereocenters. The van der Waals surface area contributed by atoms with Gasteiger partial charge in [0.05, 0.1) is 17.3 Å². The van der Waals surface area contributed by atoms with Gasteiger partial charge in [0.2, 0.25) is 0 Å². The molecule has 1 spiro atoms. The first-order valence-corrected chi connectivity index (χ1v) is 7.96. The molecule has 0 radical (unpaired) electrons. The summed E-state index contributed by atoms with van der Waals surface area (Å²) in [6, 6.07) is 0.221. The number of aromatic nitrogens is 3. The van der Waals surface area contributed by atoms with Crippen molar-refractivity contribution in [1.82, 2.24) is 15.0 Å². The highest BCUT2D eigenvalue weighted by Crippen LogP contribution is 2.43. The summed E-state index contributed by atoms with van der Waals surface area (Å²) in [6.07, 6.45) is 8.12. The average molecular weight is 293 g/mol. The molecular formula is C15H23N3O3. The topological polar surface area (TPSA) is 77.2 Å². The summed E-state index contributed by atoms with van der Waals surface area (Å²) in [5.74, 6) is -0.979. The monoisotopic (exact) mass is 293 g/mol. The van der Waals surface area contributed by atoms with Crippen molar-refractivity contribution in [3.05, 3.63) is 11.4 Å². The van der Waals surface area contributed by atoms with E-state index >= 15 is 0 Å². The molecule has 1 saturated heterocycles. The lowest BCUT2D eigenvalue weighted by Gasteiger charge is -2.38. The Morgan fingerprint density at radius 1 is 1.48 bits per heavy atom. The van der Waals surface area contributed by atoms with E-state index in [4.69, 9.17) is 4.74 Å². The Hall–Kier alpha value is -1.43. The maximum absolute atomic E-state index is 11.3. The number of nitrogens with zero attached hydrogens (tertiary/aromatic N) is 3. The molecule has 2 aliphatic rings. The Labute approximate surface area is 124 Å². The van der Waals surface area contributed by atoms with Crippen LogP contribution >= 0.6 is 0 Å². The first kappa shape index (κ1) is 14.5. The predicted molar refractivity (Wildman–Crippen MR) is 76.4 cm³/mol. The number of hydrogen-bond acceptors (Lipinski definition) is 4. The number of carbonyl (C=O) groups is 1. The van der Waals surface area contributed by atoms with E-state index in [9.17, 15) is 9.90 Å². The third-order valence-electron chi connectivity index (χ3n) is 4.81. The van der Waals surface area contributed by atoms with E-state index in [1.54, 1.807) is 0 Å². The van der Waals surface area contributed by atoms with E-state index in [1.165, 1.54) is 12.8 Å². The van der Waals surface area contributed by atoms with Crippen molar-refractivity contribution in [1.29, 1.82) is 0 Å². The van der Waals surface area contributed by atoms with Crippen LogP contribution in [0.25, 0.3) is 0 Å². The van der Waals surface area contributed by atoms with Crippen LogP contribution in [0.2, 0.25) is 0 Å². The molecule has 2 heterocycles. The van der Waals surface area contributed by atoms with Crippen LogP contribution in [0.15, 0.2) is 0 Å². The van der Waals surface area contributed by atoms with Gasteiger partial charge in [-0.25, -0.2) is 9.48 Å². The van der Waals surface area contributed by atoms with Crippen LogP contribution in [-0.2, 0) is 11.2 Å². The van der Waals surface area contributed by atoms with Gasteiger partial charge in [-0.1, -0.05) is 31.4 Å². The van der Waals surface area contributed by atoms with E-state index in [0.717, 1.165) is 44.4 Å². The number of carboxylic acids is 1. The van der Waals surface area contributed by atoms with Crippen molar-refractivity contribution in [2.45, 2.75) is 69.9 Å². The van der Waals surface area contributed by atoms with E-state index < -0.39 is 5.97 Å². The lowest BCUT2D eigenvalue weighted by Crippen LogP contribution is -2.38. The van der Waals surface area contributed by atoms with Crippen LogP contribution in [-0.4, -0.2) is 38.3 Å². The molecule has 1 aliphatic heterocycles. The van der Waals surface area contributed by atoms with Gasteiger partial charge < -0.3 is 9.84 Å². The molecule has 1 unspecified atom stereocenters. The van der Waals surface area contributed by atoms with Crippen LogP contribution in [0.4, 0.5) is 0 Å². The molecule has 6 nitrogen and oxygen atoms in total. The van der Waals surface area contributed by atoms with Crippen molar-refractivity contribution >= 4 is 5.97 Å². The van der Waals surface area contributed by atoms with Gasteiger partial charge in [0.1, 0.15) is 0 Å². The second-order valence-corrected chi connectivity index (χ2v) is 6.27. The van der Waals surface area contributed by atoms with Gasteiger partial charge >= 0.3 is 5.97 Å². The molecule has 1 aromatic heterocycles. The summed E-state index contributed by atoms with van der Waals surface area (Å²) < 4.78 is 7.92. The number of ether oxygens (including phenoxy) is 1. The average Bonchev–Trinajstić information content (AvgIpc) is 3.07. The molecule has 116 valence electrons. The van der Waals surface area contributed by atoms with Crippen molar-refractivity contribution in [2.75, 3.05) is 6.61 Å². The van der Waals surface area contributed by atoms with E-state index in [2.05, 4.69) is 10.3 Å². The van der Waals surface area contributed by atoms with E-state index in [1.807, 2.05) is 11.6 Å². The van der Waals surface area contributed by atoms with Crippen molar-refractivity contribution in [3.8, 4) is 0 Å². The zero-order valence-electron chi connectivity index (χ0n) is 12.5. The maximum atomic E-state index is 11.3. The fraction of sp³-hybridized carbons (Fsp3) is 0.800. The Morgan fingerprint density at radius 2 is 2.24 bits per heavy atom. The third kappa shape index (κ3) is 2.69. The van der Waals surface area contributed by atoms with E-state index in [0.29, 0.717) is 6.42 Å². The van der Waals surface area contributed by atoms with E-state index in [-0.39, 0.29) is 17.3 Å². The Morgan fingerprint density at radius 3 is 2.90 bits per heavy atom. The molecule has 3 rings (SSSR count). The first-order chi connectivity index (χ1) is 10.2. The highest BCUT2D eigenvalue weighted by molar-refractivity contribution is 5.86. The zero-order valence-corrected chi connectivity index (χ0v) is 12.5. The normalized spacial score (nSPS) is 24.5. The standard InChI is InChI=1S/C15H23N3O3/c1-2-5-12-13(14(19)20)16-17-18(12)11-6-9-21-15(10-11)7-3-4-8-15/h11H,2-10H2,1H3,(H,19,20). The SMILES string of the molecule is CCCc1c(C(=O)O)nnn1C1CCOC2(CCCC2)C1. The van der Waals surface area contributed by atoms with Gasteiger partial charge in [-0.3, -0.25) is 0 Å². The maximum Gasteiger partial charge on any atom is 0.358 e. The molecule has 1 aromatic rings. The highest BCUT2D eigenvalue weighted by atomic mass is 16.5. The number of hydrogen-bond donors (Lipinski definition) is 1. The second-order valence-electron chi connectivity index (χ2n) is 6.27. The third-order valence-corrected chi connectivity index (χ3v) is 4.81. The highest BCUT2D eigenvalue weighted by Gasteiger charge is 2.41. The summed E-state index contributed by atoms with van der Waals surface area (Å²) >= 11 is 0. The van der Waals surface area contributed by atoms with Crippen LogP contribution < -0.4 is 0 Å². The Kier molecular flexibility index (Phi) is 3.97. The van der Waals surface area contributed by atoms with Gasteiger partial charge in [-0.05, 0) is 32.1 Å². The number of carboxylic acid groups (broad SMARTS) is 1. The fourth-order valence-electron chi connectivity index (χ4n) is 3.82. The number of aromatic carboxylic acids is 1. The Balaban J connectivity index is 1.87. The van der Waals surface area contributed by atoms with Gasteiger partial charge in [-0.2, -0.15) is 0 Å². The molecule has 0 bridgehead atoms. The van der Waals surface area contributed by atoms with Crippen molar-refractivity contribution in [2.24, 2.45) is 0 Å². The summed E-state index contributed by atoms with van der Waals surface area (Å²) in [5.41, 5.74) is 0.885. The number of rotatable bonds is 4. The van der Waals surface area contributed by atoms with Gasteiger partial charge in [0, 0.05) is 6.61 Å². The minimum Gasteiger partial charge on any atom is -0.476 e. The first-order valence-electron chi connectivity index (χ1n) is 7.96. The summed E-state index contributed by atoms with van der Waals surface area (Å²) in [4.78, 5) is 11.3. The van der Waals surface area contributed by atoms with Gasteiger partial charge in [0.25, 0.3) is 0 Å². The molecule has 2 fully saturated rings. The summed E-state index contributed by atoms with van der Waals surface area (Å²) in [6.45, 7) is 2.78. The minimum atomic E-state index is -0.979. The Bertz CT molecular complexity index is 520. The largest absolute Gasteiger partial charge is 0.476 e. The molecule has 1 N–H and O–H groups in total. The minimum absolute atomic E-state index is 0.00172. The van der Waals surface area contributed by atoms with Gasteiger partial charge in [-0.15, -0.1) is 5.10 Å². The molecule has 6 heteroatoms.